The van der Waals surface area contributed by atoms with Crippen LogP contribution in [-0.4, -0.2) is 22.0 Å². The number of para-hydroxylation sites is 1. The van der Waals surface area contributed by atoms with E-state index in [1.54, 1.807) is 18.3 Å². The van der Waals surface area contributed by atoms with E-state index in [0.717, 1.165) is 29.4 Å². The van der Waals surface area contributed by atoms with Gasteiger partial charge in [0.2, 0.25) is 0 Å². The van der Waals surface area contributed by atoms with Crippen molar-refractivity contribution in [2.75, 3.05) is 5.43 Å². The van der Waals surface area contributed by atoms with Gasteiger partial charge in [-0.15, -0.1) is 0 Å². The third-order valence-electron chi connectivity index (χ3n) is 3.83. The second-order valence-corrected chi connectivity index (χ2v) is 5.95. The Morgan fingerprint density at radius 2 is 1.50 bits per heavy atom. The summed E-state index contributed by atoms with van der Waals surface area (Å²) in [7, 11) is 0. The number of nitro groups is 2. The lowest BCUT2D eigenvalue weighted by Gasteiger charge is -2.05. The first-order chi connectivity index (χ1) is 14.4. The summed E-state index contributed by atoms with van der Waals surface area (Å²) in [6.07, 6.45) is 1.57. The third-order valence-corrected chi connectivity index (χ3v) is 3.83. The van der Waals surface area contributed by atoms with Crippen molar-refractivity contribution in [3.05, 3.63) is 104 Å². The van der Waals surface area contributed by atoms with Gasteiger partial charge >= 0.3 is 5.97 Å². The smallest absolute Gasteiger partial charge is 0.344 e. The summed E-state index contributed by atoms with van der Waals surface area (Å²) in [5.74, 6) is -0.781. The molecule has 1 N–H and O–H groups in total. The minimum absolute atomic E-state index is 0.169. The van der Waals surface area contributed by atoms with Crippen molar-refractivity contribution in [1.82, 2.24) is 0 Å². The fourth-order valence-electron chi connectivity index (χ4n) is 2.41. The van der Waals surface area contributed by atoms with Crippen LogP contribution >= 0.6 is 0 Å². The zero-order valence-corrected chi connectivity index (χ0v) is 15.3. The monoisotopic (exact) mass is 406 g/mol. The van der Waals surface area contributed by atoms with Crippen LogP contribution in [0.5, 0.6) is 5.75 Å². The molecule has 0 amide bonds. The molecule has 0 aromatic heterocycles. The van der Waals surface area contributed by atoms with Crippen LogP contribution in [0, 0.1) is 20.2 Å². The number of hydrogen-bond acceptors (Lipinski definition) is 8. The molecule has 0 radical (unpaired) electrons. The van der Waals surface area contributed by atoms with Gasteiger partial charge in [-0.2, -0.15) is 5.10 Å². The molecule has 0 aliphatic heterocycles. The van der Waals surface area contributed by atoms with E-state index in [4.69, 9.17) is 4.74 Å². The van der Waals surface area contributed by atoms with Crippen LogP contribution in [0.15, 0.2) is 77.9 Å². The van der Waals surface area contributed by atoms with E-state index in [-0.39, 0.29) is 11.3 Å². The van der Waals surface area contributed by atoms with Gasteiger partial charge in [0.1, 0.15) is 5.75 Å². The molecule has 0 saturated heterocycles. The number of benzene rings is 3. The molecule has 10 heteroatoms. The summed E-state index contributed by atoms with van der Waals surface area (Å²) in [4.78, 5) is 32.5. The molecule has 0 fully saturated rings. The number of rotatable bonds is 7. The molecule has 0 aliphatic carbocycles. The quantitative estimate of drug-likeness (QED) is 0.204. The second kappa shape index (κ2) is 9.06. The van der Waals surface area contributed by atoms with Crippen LogP contribution in [0.1, 0.15) is 15.9 Å². The fraction of sp³-hybridized carbons (Fsp3) is 0. The number of esters is 1. The van der Waals surface area contributed by atoms with Gasteiger partial charge in [0.15, 0.2) is 0 Å². The number of carbonyl (C=O) groups excluding carboxylic acids is 1. The number of anilines is 1. The summed E-state index contributed by atoms with van der Waals surface area (Å²) < 4.78 is 5.15. The Morgan fingerprint density at radius 1 is 0.900 bits per heavy atom. The fourth-order valence-corrected chi connectivity index (χ4v) is 2.41. The average Bonchev–Trinajstić information content (AvgIpc) is 2.75. The van der Waals surface area contributed by atoms with Gasteiger partial charge in [-0.05, 0) is 42.0 Å². The summed E-state index contributed by atoms with van der Waals surface area (Å²) in [6, 6.07) is 18.3. The lowest BCUT2D eigenvalue weighted by Crippen LogP contribution is -2.09. The molecular formula is C20H14N4O6. The Bertz CT molecular complexity index is 1080. The molecule has 3 aromatic rings. The van der Waals surface area contributed by atoms with Crippen LogP contribution in [0.3, 0.4) is 0 Å². The Kier molecular flexibility index (Phi) is 6.08. The molecule has 3 rings (SSSR count). The molecule has 0 bridgehead atoms. The molecule has 150 valence electrons. The van der Waals surface area contributed by atoms with Crippen LogP contribution in [0.2, 0.25) is 0 Å². The Hall–Kier alpha value is -4.60. The molecule has 0 aliphatic rings. The predicted molar refractivity (Wildman–Crippen MR) is 109 cm³/mol. The first-order valence-electron chi connectivity index (χ1n) is 8.52. The Morgan fingerprint density at radius 3 is 2.07 bits per heavy atom. The molecule has 0 heterocycles. The van der Waals surface area contributed by atoms with E-state index in [0.29, 0.717) is 0 Å². The largest absolute Gasteiger partial charge is 0.423 e. The topological polar surface area (TPSA) is 137 Å². The molecule has 0 atom stereocenters. The first kappa shape index (κ1) is 20.1. The lowest BCUT2D eigenvalue weighted by molar-refractivity contribution is -0.394. The number of nitrogens with zero attached hydrogens (tertiary/aromatic N) is 3. The number of ether oxygens (including phenoxy) is 1. The summed E-state index contributed by atoms with van der Waals surface area (Å²) in [5, 5.41) is 26.0. The highest BCUT2D eigenvalue weighted by molar-refractivity contribution is 5.92. The molecular weight excluding hydrogens is 392 g/mol. The van der Waals surface area contributed by atoms with Gasteiger partial charge in [-0.1, -0.05) is 18.2 Å². The number of carbonyl (C=O) groups is 1. The van der Waals surface area contributed by atoms with Crippen LogP contribution in [0.25, 0.3) is 0 Å². The number of hydrazone groups is 1. The van der Waals surface area contributed by atoms with Gasteiger partial charge in [-0.25, -0.2) is 4.79 Å². The molecule has 0 spiro atoms. The van der Waals surface area contributed by atoms with Crippen LogP contribution in [-0.2, 0) is 0 Å². The number of non-ortho nitro benzene ring substituents is 2. The Labute approximate surface area is 169 Å². The number of nitro benzene ring substituents is 2. The average molecular weight is 406 g/mol. The van der Waals surface area contributed by atoms with Crippen molar-refractivity contribution >= 4 is 29.2 Å². The SMILES string of the molecule is O=C(Oc1ccc(C=NNc2ccccc2)cc1)c1cc([N+](=O)[O-])cc([N+](=O)[O-])c1. The van der Waals surface area contributed by atoms with Gasteiger partial charge in [0.25, 0.3) is 11.4 Å². The standard InChI is InChI=1S/C20H14N4O6/c25-20(15-10-17(23(26)27)12-18(11-15)24(28)29)30-19-8-6-14(7-9-19)13-21-22-16-4-2-1-3-5-16/h1-13,22H. The van der Waals surface area contributed by atoms with Gasteiger partial charge in [-0.3, -0.25) is 25.7 Å². The van der Waals surface area contributed by atoms with Crippen molar-refractivity contribution in [1.29, 1.82) is 0 Å². The zero-order chi connectivity index (χ0) is 21.5. The van der Waals surface area contributed by atoms with Gasteiger partial charge in [0.05, 0.1) is 33.4 Å². The molecule has 0 saturated carbocycles. The first-order valence-corrected chi connectivity index (χ1v) is 8.52. The molecule has 3 aromatic carbocycles. The Balaban J connectivity index is 1.68. The van der Waals surface area contributed by atoms with Crippen molar-refractivity contribution < 1.29 is 19.4 Å². The number of nitrogens with one attached hydrogen (secondary N) is 1. The van der Waals surface area contributed by atoms with Gasteiger partial charge < -0.3 is 4.74 Å². The predicted octanol–water partition coefficient (Wildman–Crippen LogP) is 4.17. The van der Waals surface area contributed by atoms with Crippen molar-refractivity contribution in [3.63, 3.8) is 0 Å². The van der Waals surface area contributed by atoms with E-state index < -0.39 is 27.2 Å². The summed E-state index contributed by atoms with van der Waals surface area (Å²) >= 11 is 0. The third kappa shape index (κ3) is 5.23. The summed E-state index contributed by atoms with van der Waals surface area (Å²) in [6.45, 7) is 0. The van der Waals surface area contributed by atoms with Crippen LogP contribution < -0.4 is 10.2 Å². The van der Waals surface area contributed by atoms with Crippen LogP contribution in [0.4, 0.5) is 17.1 Å². The number of hydrogen-bond donors (Lipinski definition) is 1. The summed E-state index contributed by atoms with van der Waals surface area (Å²) in [5.41, 5.74) is 2.97. The lowest BCUT2D eigenvalue weighted by atomic mass is 10.1. The van der Waals surface area contributed by atoms with E-state index in [9.17, 15) is 25.0 Å². The van der Waals surface area contributed by atoms with Crippen molar-refractivity contribution in [3.8, 4) is 5.75 Å². The van der Waals surface area contributed by atoms with Crippen molar-refractivity contribution in [2.45, 2.75) is 0 Å². The minimum atomic E-state index is -0.950. The second-order valence-electron chi connectivity index (χ2n) is 5.95. The van der Waals surface area contributed by atoms with E-state index >= 15 is 0 Å². The van der Waals surface area contributed by atoms with Gasteiger partial charge in [0, 0.05) is 12.1 Å². The maximum atomic E-state index is 12.3. The highest BCUT2D eigenvalue weighted by Gasteiger charge is 2.21. The normalized spacial score (nSPS) is 10.5. The highest BCUT2D eigenvalue weighted by atomic mass is 16.6. The maximum absolute atomic E-state index is 12.3. The minimum Gasteiger partial charge on any atom is -0.423 e. The maximum Gasteiger partial charge on any atom is 0.344 e. The zero-order valence-electron chi connectivity index (χ0n) is 15.3. The van der Waals surface area contributed by atoms with E-state index in [1.165, 1.54) is 12.1 Å². The molecule has 10 nitrogen and oxygen atoms in total. The van der Waals surface area contributed by atoms with E-state index in [1.807, 2.05) is 30.3 Å². The molecule has 0 unspecified atom stereocenters. The van der Waals surface area contributed by atoms with Crippen molar-refractivity contribution in [2.24, 2.45) is 5.10 Å². The van der Waals surface area contributed by atoms with E-state index in [2.05, 4.69) is 10.5 Å². The molecule has 30 heavy (non-hydrogen) atoms. The highest BCUT2D eigenvalue weighted by Crippen LogP contribution is 2.24.